The zero-order chi connectivity index (χ0) is 20.1. The van der Waals surface area contributed by atoms with E-state index in [9.17, 15) is 18.4 Å². The number of hydrogen-bond donors (Lipinski definition) is 2. The van der Waals surface area contributed by atoms with E-state index >= 15 is 0 Å². The van der Waals surface area contributed by atoms with Crippen LogP contribution in [0.4, 0.5) is 13.9 Å². The van der Waals surface area contributed by atoms with E-state index in [0.717, 1.165) is 29.7 Å². The number of thiazole rings is 1. The van der Waals surface area contributed by atoms with Gasteiger partial charge in [0.1, 0.15) is 11.6 Å². The van der Waals surface area contributed by atoms with Crippen LogP contribution in [0, 0.1) is 11.6 Å². The highest BCUT2D eigenvalue weighted by atomic mass is 32.1. The zero-order valence-corrected chi connectivity index (χ0v) is 15.8. The molecule has 0 saturated heterocycles. The van der Waals surface area contributed by atoms with Gasteiger partial charge in [0.2, 0.25) is 5.91 Å². The Morgan fingerprint density at radius 1 is 1.07 bits per heavy atom. The molecule has 1 aromatic heterocycles. The van der Waals surface area contributed by atoms with Crippen molar-refractivity contribution in [3.63, 3.8) is 0 Å². The van der Waals surface area contributed by atoms with Crippen molar-refractivity contribution in [3.05, 3.63) is 70.6 Å². The lowest BCUT2D eigenvalue weighted by Gasteiger charge is -2.04. The molecular weight excluding hydrogens is 384 g/mol. The second-order valence-electron chi connectivity index (χ2n) is 6.08. The molecule has 0 spiro atoms. The standard InChI is InChI=1S/C20H17F2N3O2S/c1-12(26)23-7-6-13-2-4-14(5-3-13)18-11-28-20(24-18)25-19(27)15-8-16(21)10-17(22)9-15/h2-5,8-11H,6-7H2,1H3,(H,23,26)(H,24,25,27). The molecular formula is C20H17F2N3O2S. The summed E-state index contributed by atoms with van der Waals surface area (Å²) in [5.41, 5.74) is 2.52. The van der Waals surface area contributed by atoms with Crippen molar-refractivity contribution in [3.8, 4) is 11.3 Å². The summed E-state index contributed by atoms with van der Waals surface area (Å²) in [4.78, 5) is 27.4. The second-order valence-corrected chi connectivity index (χ2v) is 6.94. The summed E-state index contributed by atoms with van der Waals surface area (Å²) >= 11 is 1.22. The summed E-state index contributed by atoms with van der Waals surface area (Å²) in [5, 5.41) is 7.41. The molecule has 0 radical (unpaired) electrons. The van der Waals surface area contributed by atoms with Crippen LogP contribution in [0.5, 0.6) is 0 Å². The van der Waals surface area contributed by atoms with Crippen LogP contribution in [0.2, 0.25) is 0 Å². The van der Waals surface area contributed by atoms with Crippen LogP contribution in [0.1, 0.15) is 22.8 Å². The molecule has 3 aromatic rings. The molecule has 0 aliphatic heterocycles. The Kier molecular flexibility index (Phi) is 6.10. The molecule has 2 amide bonds. The number of halogens is 2. The molecule has 1 heterocycles. The third-order valence-electron chi connectivity index (χ3n) is 3.89. The van der Waals surface area contributed by atoms with E-state index < -0.39 is 17.5 Å². The van der Waals surface area contributed by atoms with E-state index in [1.807, 2.05) is 24.3 Å². The fourth-order valence-corrected chi connectivity index (χ4v) is 3.26. The van der Waals surface area contributed by atoms with Gasteiger partial charge in [0.25, 0.3) is 5.91 Å². The SMILES string of the molecule is CC(=O)NCCc1ccc(-c2csc(NC(=O)c3cc(F)cc(F)c3)n2)cc1. The Labute approximate surface area is 164 Å². The molecule has 0 unspecified atom stereocenters. The lowest BCUT2D eigenvalue weighted by molar-refractivity contribution is -0.118. The number of benzene rings is 2. The minimum atomic E-state index is -0.816. The lowest BCUT2D eigenvalue weighted by atomic mass is 10.1. The van der Waals surface area contributed by atoms with Crippen LogP contribution in [-0.4, -0.2) is 23.3 Å². The molecule has 3 rings (SSSR count). The summed E-state index contributed by atoms with van der Waals surface area (Å²) in [6.07, 6.45) is 0.725. The Hall–Kier alpha value is -3.13. The van der Waals surface area contributed by atoms with Gasteiger partial charge in [-0.15, -0.1) is 11.3 Å². The average molecular weight is 401 g/mol. The van der Waals surface area contributed by atoms with Gasteiger partial charge in [-0.05, 0) is 24.1 Å². The smallest absolute Gasteiger partial charge is 0.257 e. The molecule has 0 bridgehead atoms. The van der Waals surface area contributed by atoms with Crippen LogP contribution in [0.15, 0.2) is 47.8 Å². The zero-order valence-electron chi connectivity index (χ0n) is 15.0. The van der Waals surface area contributed by atoms with Crippen LogP contribution in [-0.2, 0) is 11.2 Å². The van der Waals surface area contributed by atoms with Gasteiger partial charge in [0, 0.05) is 36.0 Å². The largest absolute Gasteiger partial charge is 0.356 e. The van der Waals surface area contributed by atoms with E-state index in [1.54, 1.807) is 5.38 Å². The monoisotopic (exact) mass is 401 g/mol. The number of carbonyl (C=O) groups is 2. The van der Waals surface area contributed by atoms with Crippen molar-refractivity contribution < 1.29 is 18.4 Å². The highest BCUT2D eigenvalue weighted by molar-refractivity contribution is 7.14. The number of amides is 2. The highest BCUT2D eigenvalue weighted by Gasteiger charge is 2.12. The molecule has 2 aromatic carbocycles. The number of rotatable bonds is 6. The number of aromatic nitrogens is 1. The number of anilines is 1. The predicted octanol–water partition coefficient (Wildman–Crippen LogP) is 4.02. The van der Waals surface area contributed by atoms with Crippen molar-refractivity contribution in [2.24, 2.45) is 0 Å². The molecule has 0 saturated carbocycles. The number of carbonyl (C=O) groups excluding carboxylic acids is 2. The van der Waals surface area contributed by atoms with Crippen molar-refractivity contribution in [1.82, 2.24) is 10.3 Å². The first-order chi connectivity index (χ1) is 13.4. The van der Waals surface area contributed by atoms with Crippen molar-refractivity contribution >= 4 is 28.3 Å². The first-order valence-corrected chi connectivity index (χ1v) is 9.35. The maximum atomic E-state index is 13.2. The van der Waals surface area contributed by atoms with Gasteiger partial charge in [0.05, 0.1) is 5.69 Å². The van der Waals surface area contributed by atoms with E-state index in [1.165, 1.54) is 18.3 Å². The van der Waals surface area contributed by atoms with Gasteiger partial charge in [0.15, 0.2) is 5.13 Å². The molecule has 28 heavy (non-hydrogen) atoms. The summed E-state index contributed by atoms with van der Waals surface area (Å²) < 4.78 is 26.5. The summed E-state index contributed by atoms with van der Waals surface area (Å²) in [7, 11) is 0. The Morgan fingerprint density at radius 2 is 1.75 bits per heavy atom. The third kappa shape index (κ3) is 5.20. The van der Waals surface area contributed by atoms with Gasteiger partial charge < -0.3 is 5.32 Å². The normalized spacial score (nSPS) is 10.5. The van der Waals surface area contributed by atoms with Gasteiger partial charge in [-0.3, -0.25) is 14.9 Å². The van der Waals surface area contributed by atoms with Crippen molar-refractivity contribution in [2.75, 3.05) is 11.9 Å². The van der Waals surface area contributed by atoms with Crippen molar-refractivity contribution in [1.29, 1.82) is 0 Å². The average Bonchev–Trinajstić information content (AvgIpc) is 3.09. The second kappa shape index (κ2) is 8.71. The van der Waals surface area contributed by atoms with Crippen molar-refractivity contribution in [2.45, 2.75) is 13.3 Å². The lowest BCUT2D eigenvalue weighted by Crippen LogP contribution is -2.22. The summed E-state index contributed by atoms with van der Waals surface area (Å²) in [6.45, 7) is 2.05. The summed E-state index contributed by atoms with van der Waals surface area (Å²) in [6, 6.07) is 10.4. The van der Waals surface area contributed by atoms with Gasteiger partial charge in [-0.25, -0.2) is 13.8 Å². The predicted molar refractivity (Wildman–Crippen MR) is 104 cm³/mol. The van der Waals surface area contributed by atoms with Gasteiger partial charge in [-0.1, -0.05) is 24.3 Å². The van der Waals surface area contributed by atoms with Crippen LogP contribution < -0.4 is 10.6 Å². The van der Waals surface area contributed by atoms with E-state index in [0.29, 0.717) is 23.4 Å². The maximum absolute atomic E-state index is 13.2. The molecule has 8 heteroatoms. The highest BCUT2D eigenvalue weighted by Crippen LogP contribution is 2.25. The molecule has 5 nitrogen and oxygen atoms in total. The molecule has 2 N–H and O–H groups in total. The molecule has 0 aliphatic rings. The molecule has 0 fully saturated rings. The number of hydrogen-bond acceptors (Lipinski definition) is 4. The molecule has 0 aliphatic carbocycles. The maximum Gasteiger partial charge on any atom is 0.257 e. The van der Waals surface area contributed by atoms with E-state index in [4.69, 9.17) is 0 Å². The Morgan fingerprint density at radius 3 is 2.39 bits per heavy atom. The fraction of sp³-hybridized carbons (Fsp3) is 0.150. The minimum absolute atomic E-state index is 0.0605. The minimum Gasteiger partial charge on any atom is -0.356 e. The Balaban J connectivity index is 1.65. The third-order valence-corrected chi connectivity index (χ3v) is 4.64. The van der Waals surface area contributed by atoms with Crippen LogP contribution in [0.3, 0.4) is 0 Å². The Bertz CT molecular complexity index is 983. The first-order valence-electron chi connectivity index (χ1n) is 8.47. The quantitative estimate of drug-likeness (QED) is 0.655. The fourth-order valence-electron chi connectivity index (χ4n) is 2.54. The molecule has 0 atom stereocenters. The number of nitrogens with one attached hydrogen (secondary N) is 2. The number of nitrogens with zero attached hydrogens (tertiary/aromatic N) is 1. The first kappa shape index (κ1) is 19.6. The van der Waals surface area contributed by atoms with Crippen LogP contribution >= 0.6 is 11.3 Å². The van der Waals surface area contributed by atoms with E-state index in [2.05, 4.69) is 15.6 Å². The van der Waals surface area contributed by atoms with Crippen LogP contribution in [0.25, 0.3) is 11.3 Å². The summed E-state index contributed by atoms with van der Waals surface area (Å²) in [5.74, 6) is -2.32. The topological polar surface area (TPSA) is 71.1 Å². The molecule has 144 valence electrons. The van der Waals surface area contributed by atoms with E-state index in [-0.39, 0.29) is 11.5 Å². The van der Waals surface area contributed by atoms with Gasteiger partial charge in [-0.2, -0.15) is 0 Å². The van der Waals surface area contributed by atoms with Gasteiger partial charge >= 0.3 is 0 Å².